The molecule has 2 atom stereocenters. The number of hydrogen-bond donors (Lipinski definition) is 1. The summed E-state index contributed by atoms with van der Waals surface area (Å²) >= 11 is 0. The van der Waals surface area contributed by atoms with Crippen molar-refractivity contribution in [1.29, 1.82) is 0 Å². The van der Waals surface area contributed by atoms with E-state index in [1.54, 1.807) is 0 Å². The van der Waals surface area contributed by atoms with Crippen LogP contribution in [0.1, 0.15) is 12.8 Å². The van der Waals surface area contributed by atoms with Crippen LogP contribution in [-0.2, 0) is 14.8 Å². The van der Waals surface area contributed by atoms with E-state index >= 15 is 0 Å². The van der Waals surface area contributed by atoms with Gasteiger partial charge in [0.15, 0.2) is 0 Å². The van der Waals surface area contributed by atoms with Gasteiger partial charge in [0.25, 0.3) is 0 Å². The number of benzene rings is 2. The van der Waals surface area contributed by atoms with Crippen LogP contribution < -0.4 is 10.5 Å². The largest absolute Gasteiger partial charge is 0.490 e. The second kappa shape index (κ2) is 8.42. The molecule has 1 fully saturated rings. The van der Waals surface area contributed by atoms with E-state index < -0.39 is 50.3 Å². The van der Waals surface area contributed by atoms with Crippen LogP contribution in [0.4, 0.5) is 13.2 Å². The number of halogens is 3. The summed E-state index contributed by atoms with van der Waals surface area (Å²) in [6.45, 7) is -0.131. The smallest absolute Gasteiger partial charge is 0.246 e. The summed E-state index contributed by atoms with van der Waals surface area (Å²) in [6.07, 6.45) is -0.487. The molecule has 1 saturated heterocycles. The standard InChI is InChI=1S/C19H19F3N2O4S/c20-13-1-4-15(5-2-13)28-17-7-8-24(11-12(17)9-19(23)25)29(26,27)18-6-3-14(21)10-16(18)22/h1-6,10,12,17H,7-9,11H2,(H2,23,25)/t12-,17-/m0/s1. The minimum absolute atomic E-state index is 0.000271. The van der Waals surface area contributed by atoms with E-state index in [1.807, 2.05) is 0 Å². The van der Waals surface area contributed by atoms with Gasteiger partial charge in [-0.05, 0) is 42.8 Å². The quantitative estimate of drug-likeness (QED) is 0.765. The van der Waals surface area contributed by atoms with E-state index in [0.717, 1.165) is 16.4 Å². The van der Waals surface area contributed by atoms with Gasteiger partial charge in [0.2, 0.25) is 15.9 Å². The molecule has 2 aromatic rings. The van der Waals surface area contributed by atoms with E-state index in [4.69, 9.17) is 10.5 Å². The minimum atomic E-state index is -4.25. The number of carbonyl (C=O) groups is 1. The Balaban J connectivity index is 1.81. The minimum Gasteiger partial charge on any atom is -0.490 e. The fourth-order valence-corrected chi connectivity index (χ4v) is 4.87. The number of nitrogens with two attached hydrogens (primary N) is 1. The number of rotatable bonds is 6. The number of carbonyl (C=O) groups excluding carboxylic acids is 1. The maximum absolute atomic E-state index is 14.0. The molecule has 1 heterocycles. The maximum atomic E-state index is 14.0. The van der Waals surface area contributed by atoms with E-state index in [9.17, 15) is 26.4 Å². The summed E-state index contributed by atoms with van der Waals surface area (Å²) < 4.78 is 72.7. The molecule has 1 aliphatic rings. The Hall–Kier alpha value is -2.59. The normalized spacial score (nSPS) is 20.4. The molecule has 0 saturated carbocycles. The maximum Gasteiger partial charge on any atom is 0.246 e. The molecule has 0 radical (unpaired) electrons. The van der Waals surface area contributed by atoms with Crippen molar-refractivity contribution in [2.75, 3.05) is 13.1 Å². The average molecular weight is 428 g/mol. The molecule has 10 heteroatoms. The Kier molecular flexibility index (Phi) is 6.13. The highest BCUT2D eigenvalue weighted by Gasteiger charge is 2.38. The molecule has 156 valence electrons. The monoisotopic (exact) mass is 428 g/mol. The molecule has 1 amide bonds. The van der Waals surface area contributed by atoms with Crippen LogP contribution >= 0.6 is 0 Å². The summed E-state index contributed by atoms with van der Waals surface area (Å²) in [5.41, 5.74) is 5.29. The second-order valence-electron chi connectivity index (χ2n) is 6.77. The molecular weight excluding hydrogens is 409 g/mol. The van der Waals surface area contributed by atoms with Crippen LogP contribution in [0.5, 0.6) is 5.75 Å². The van der Waals surface area contributed by atoms with Crippen LogP contribution in [0, 0.1) is 23.4 Å². The summed E-state index contributed by atoms with van der Waals surface area (Å²) in [5.74, 6) is -3.39. The zero-order valence-electron chi connectivity index (χ0n) is 15.2. The fourth-order valence-electron chi connectivity index (χ4n) is 3.32. The third-order valence-electron chi connectivity index (χ3n) is 4.70. The highest BCUT2D eigenvalue weighted by atomic mass is 32.2. The molecule has 2 N–H and O–H groups in total. The van der Waals surface area contributed by atoms with Crippen LogP contribution in [-0.4, -0.2) is 37.8 Å². The topological polar surface area (TPSA) is 89.7 Å². The van der Waals surface area contributed by atoms with Gasteiger partial charge < -0.3 is 10.5 Å². The fraction of sp³-hybridized carbons (Fsp3) is 0.316. The Bertz CT molecular complexity index is 999. The third kappa shape index (κ3) is 4.88. The average Bonchev–Trinajstić information content (AvgIpc) is 2.64. The molecule has 2 aromatic carbocycles. The molecule has 1 aliphatic heterocycles. The van der Waals surface area contributed by atoms with Crippen molar-refractivity contribution >= 4 is 15.9 Å². The molecule has 3 rings (SSSR count). The zero-order valence-corrected chi connectivity index (χ0v) is 16.0. The van der Waals surface area contributed by atoms with E-state index in [1.165, 1.54) is 24.3 Å². The SMILES string of the molecule is NC(=O)C[C@H]1CN(S(=O)(=O)c2ccc(F)cc2F)CC[C@@H]1Oc1ccc(F)cc1. The molecule has 0 aromatic heterocycles. The van der Waals surface area contributed by atoms with Gasteiger partial charge in [0.1, 0.15) is 34.2 Å². The Labute approximate surface area is 166 Å². The van der Waals surface area contributed by atoms with Crippen LogP contribution in [0.3, 0.4) is 0 Å². The lowest BCUT2D eigenvalue weighted by Crippen LogP contribution is -2.49. The van der Waals surface area contributed by atoms with Crippen molar-refractivity contribution in [3.8, 4) is 5.75 Å². The zero-order chi connectivity index (χ0) is 21.2. The van der Waals surface area contributed by atoms with E-state index in [-0.39, 0.29) is 25.9 Å². The lowest BCUT2D eigenvalue weighted by molar-refractivity contribution is -0.120. The van der Waals surface area contributed by atoms with Gasteiger partial charge in [0.05, 0.1) is 0 Å². The predicted octanol–water partition coefficient (Wildman–Crippen LogP) is 2.44. The number of sulfonamides is 1. The number of amides is 1. The Morgan fingerprint density at radius 2 is 1.76 bits per heavy atom. The van der Waals surface area contributed by atoms with Crippen molar-refractivity contribution in [2.45, 2.75) is 23.8 Å². The number of nitrogens with zero attached hydrogens (tertiary/aromatic N) is 1. The summed E-state index contributed by atoms with van der Waals surface area (Å²) in [7, 11) is -4.25. The lowest BCUT2D eigenvalue weighted by Gasteiger charge is -2.37. The van der Waals surface area contributed by atoms with Gasteiger partial charge in [-0.15, -0.1) is 0 Å². The summed E-state index contributed by atoms with van der Waals surface area (Å²) in [6, 6.07) is 7.51. The molecular formula is C19H19F3N2O4S. The molecule has 6 nitrogen and oxygen atoms in total. The summed E-state index contributed by atoms with van der Waals surface area (Å²) in [4.78, 5) is 10.8. The van der Waals surface area contributed by atoms with Gasteiger partial charge in [-0.25, -0.2) is 21.6 Å². The van der Waals surface area contributed by atoms with Crippen molar-refractivity contribution in [3.63, 3.8) is 0 Å². The number of piperidine rings is 1. The number of ether oxygens (including phenoxy) is 1. The predicted molar refractivity (Wildman–Crippen MR) is 97.9 cm³/mol. The molecule has 0 unspecified atom stereocenters. The number of hydrogen-bond acceptors (Lipinski definition) is 4. The lowest BCUT2D eigenvalue weighted by atomic mass is 9.92. The van der Waals surface area contributed by atoms with Gasteiger partial charge in [-0.3, -0.25) is 4.79 Å². The highest BCUT2D eigenvalue weighted by molar-refractivity contribution is 7.89. The van der Waals surface area contributed by atoms with Crippen molar-refractivity contribution in [2.24, 2.45) is 11.7 Å². The molecule has 0 bridgehead atoms. The first kappa shape index (κ1) is 21.1. The first-order valence-corrected chi connectivity index (χ1v) is 10.3. The highest BCUT2D eigenvalue weighted by Crippen LogP contribution is 2.30. The number of primary amides is 1. The van der Waals surface area contributed by atoms with E-state index in [0.29, 0.717) is 11.8 Å². The molecule has 0 aliphatic carbocycles. The second-order valence-corrected chi connectivity index (χ2v) is 8.67. The molecule has 0 spiro atoms. The van der Waals surface area contributed by atoms with E-state index in [2.05, 4.69) is 0 Å². The Morgan fingerprint density at radius 1 is 1.10 bits per heavy atom. The van der Waals surface area contributed by atoms with Gasteiger partial charge in [-0.2, -0.15) is 4.31 Å². The van der Waals surface area contributed by atoms with Crippen molar-refractivity contribution in [1.82, 2.24) is 4.31 Å². The van der Waals surface area contributed by atoms with Crippen molar-refractivity contribution < 1.29 is 31.1 Å². The Morgan fingerprint density at radius 3 is 2.38 bits per heavy atom. The first-order valence-electron chi connectivity index (χ1n) is 8.82. The molecule has 29 heavy (non-hydrogen) atoms. The van der Waals surface area contributed by atoms with Crippen LogP contribution in [0.2, 0.25) is 0 Å². The van der Waals surface area contributed by atoms with Crippen LogP contribution in [0.15, 0.2) is 47.4 Å². The van der Waals surface area contributed by atoms with Gasteiger partial charge in [0, 0.05) is 31.5 Å². The van der Waals surface area contributed by atoms with Crippen LogP contribution in [0.25, 0.3) is 0 Å². The first-order chi connectivity index (χ1) is 13.7. The third-order valence-corrected chi connectivity index (χ3v) is 6.60. The van der Waals surface area contributed by atoms with Crippen molar-refractivity contribution in [3.05, 3.63) is 59.9 Å². The van der Waals surface area contributed by atoms with Gasteiger partial charge >= 0.3 is 0 Å². The van der Waals surface area contributed by atoms with Gasteiger partial charge in [-0.1, -0.05) is 0 Å². The summed E-state index contributed by atoms with van der Waals surface area (Å²) in [5, 5.41) is 0.